The minimum Gasteiger partial charge on any atom is -0.228 e. The Morgan fingerprint density at radius 2 is 2.33 bits per heavy atom. The van der Waals surface area contributed by atoms with Crippen molar-refractivity contribution in [2.45, 2.75) is 13.0 Å². The fraction of sp³-hybridized carbons (Fsp3) is 0.250. The molecule has 1 heteroatoms. The Bertz CT molecular complexity index is 167. The topological polar surface area (TPSA) is 19.9 Å². The van der Waals surface area contributed by atoms with E-state index in [1.807, 2.05) is 12.1 Å². The van der Waals surface area contributed by atoms with Gasteiger partial charge in [-0.2, -0.15) is 0 Å². The maximum Gasteiger partial charge on any atom is 0.116 e. The van der Waals surface area contributed by atoms with Crippen molar-refractivity contribution in [1.82, 2.24) is 0 Å². The number of hydrogen-bond acceptors (Lipinski definition) is 0. The zero-order chi connectivity index (χ0) is 6.69. The first kappa shape index (κ1) is 6.30. The molecule has 1 unspecified atom stereocenters. The van der Waals surface area contributed by atoms with Crippen molar-refractivity contribution < 1.29 is 5.11 Å². The lowest BCUT2D eigenvalue weighted by Crippen LogP contribution is -1.86. The van der Waals surface area contributed by atoms with Crippen LogP contribution in [0.15, 0.2) is 24.3 Å². The smallest absolute Gasteiger partial charge is 0.116 e. The maximum absolute atomic E-state index is 10.7. The normalized spacial score (nSPS) is 13.1. The van der Waals surface area contributed by atoms with Crippen LogP contribution in [-0.2, 0) is 5.11 Å². The lowest BCUT2D eigenvalue weighted by atomic mass is 10.1. The largest absolute Gasteiger partial charge is 0.228 e. The molecule has 1 rings (SSSR count). The summed E-state index contributed by atoms with van der Waals surface area (Å²) in [6.07, 6.45) is -0.647. The molecule has 0 aliphatic heterocycles. The molecule has 0 fully saturated rings. The second kappa shape index (κ2) is 2.65. The van der Waals surface area contributed by atoms with Crippen LogP contribution < -0.4 is 0 Å². The highest BCUT2D eigenvalue weighted by molar-refractivity contribution is 5.14. The van der Waals surface area contributed by atoms with E-state index < -0.39 is 6.10 Å². The molecule has 1 nitrogen and oxygen atoms in total. The van der Waals surface area contributed by atoms with E-state index in [2.05, 4.69) is 6.07 Å². The van der Waals surface area contributed by atoms with E-state index >= 15 is 0 Å². The van der Waals surface area contributed by atoms with Crippen molar-refractivity contribution in [3.05, 3.63) is 35.9 Å². The molecule has 0 bridgehead atoms. The van der Waals surface area contributed by atoms with Crippen LogP contribution in [0.4, 0.5) is 0 Å². The van der Waals surface area contributed by atoms with Gasteiger partial charge in [0.15, 0.2) is 0 Å². The average Bonchev–Trinajstić information content (AvgIpc) is 1.90. The van der Waals surface area contributed by atoms with Crippen LogP contribution in [0.25, 0.3) is 0 Å². The van der Waals surface area contributed by atoms with Crippen LogP contribution in [0.5, 0.6) is 0 Å². The van der Waals surface area contributed by atoms with Gasteiger partial charge >= 0.3 is 0 Å². The van der Waals surface area contributed by atoms with Gasteiger partial charge in [0.05, 0.1) is 0 Å². The summed E-state index contributed by atoms with van der Waals surface area (Å²) in [4.78, 5) is 0. The minimum absolute atomic E-state index is 0.647. The van der Waals surface area contributed by atoms with Crippen LogP contribution in [0.3, 0.4) is 0 Å². The Balaban J connectivity index is 2.85. The molecule has 0 heterocycles. The molecule has 0 saturated carbocycles. The van der Waals surface area contributed by atoms with Crippen LogP contribution in [-0.4, -0.2) is 0 Å². The van der Waals surface area contributed by atoms with Gasteiger partial charge in [-0.3, -0.25) is 0 Å². The molecule has 1 atom stereocenters. The summed E-state index contributed by atoms with van der Waals surface area (Å²) in [6.45, 7) is 1.62. The van der Waals surface area contributed by atoms with E-state index in [0.29, 0.717) is 0 Å². The van der Waals surface area contributed by atoms with Crippen molar-refractivity contribution in [3.8, 4) is 0 Å². The molecule has 9 heavy (non-hydrogen) atoms. The predicted molar refractivity (Wildman–Crippen MR) is 34.4 cm³/mol. The van der Waals surface area contributed by atoms with E-state index in [1.165, 1.54) is 0 Å². The summed E-state index contributed by atoms with van der Waals surface area (Å²) in [7, 11) is 0. The lowest BCUT2D eigenvalue weighted by molar-refractivity contribution is 0.106. The molecular weight excluding hydrogens is 112 g/mol. The van der Waals surface area contributed by atoms with E-state index in [0.717, 1.165) is 5.56 Å². The summed E-state index contributed by atoms with van der Waals surface area (Å²) in [5.41, 5.74) is 0.734. The third-order valence-electron chi connectivity index (χ3n) is 1.17. The third kappa shape index (κ3) is 1.54. The minimum atomic E-state index is -0.647. The number of hydrogen-bond donors (Lipinski definition) is 0. The molecule has 1 aromatic rings. The summed E-state index contributed by atoms with van der Waals surface area (Å²) >= 11 is 0. The Morgan fingerprint density at radius 1 is 1.56 bits per heavy atom. The first-order valence-corrected chi connectivity index (χ1v) is 2.93. The van der Waals surface area contributed by atoms with Crippen molar-refractivity contribution in [1.29, 1.82) is 0 Å². The van der Waals surface area contributed by atoms with Crippen molar-refractivity contribution >= 4 is 0 Å². The Morgan fingerprint density at radius 3 is 2.67 bits per heavy atom. The third-order valence-corrected chi connectivity index (χ3v) is 1.17. The maximum atomic E-state index is 10.7. The molecule has 0 amide bonds. The van der Waals surface area contributed by atoms with Gasteiger partial charge in [0, 0.05) is 0 Å². The van der Waals surface area contributed by atoms with Gasteiger partial charge in [-0.25, -0.2) is 5.11 Å². The fourth-order valence-corrected chi connectivity index (χ4v) is 0.660. The van der Waals surface area contributed by atoms with Crippen molar-refractivity contribution in [3.63, 3.8) is 0 Å². The van der Waals surface area contributed by atoms with Gasteiger partial charge in [0.1, 0.15) is 6.10 Å². The summed E-state index contributed by atoms with van der Waals surface area (Å²) in [5.74, 6) is 0. The number of rotatable bonds is 1. The van der Waals surface area contributed by atoms with Crippen LogP contribution in [0.2, 0.25) is 0 Å². The predicted octanol–water partition coefficient (Wildman–Crippen LogP) is 1.98. The summed E-state index contributed by atoms with van der Waals surface area (Å²) in [5, 5.41) is 10.7. The van der Waals surface area contributed by atoms with Crippen LogP contribution >= 0.6 is 0 Å². The molecular formula is C8H8O. The first-order valence-electron chi connectivity index (χ1n) is 2.93. The molecule has 0 aliphatic carbocycles. The van der Waals surface area contributed by atoms with E-state index in [9.17, 15) is 5.11 Å². The quantitative estimate of drug-likeness (QED) is 0.540. The highest BCUT2D eigenvalue weighted by atomic mass is 16.3. The number of benzene rings is 1. The van der Waals surface area contributed by atoms with Gasteiger partial charge in [-0.1, -0.05) is 24.3 Å². The molecule has 0 N–H and O–H groups in total. The Hall–Kier alpha value is -0.820. The van der Waals surface area contributed by atoms with Crippen LogP contribution in [0, 0.1) is 6.07 Å². The van der Waals surface area contributed by atoms with Crippen molar-refractivity contribution in [2.75, 3.05) is 0 Å². The highest BCUT2D eigenvalue weighted by Gasteiger charge is 1.98. The van der Waals surface area contributed by atoms with Gasteiger partial charge in [0.25, 0.3) is 0 Å². The van der Waals surface area contributed by atoms with Gasteiger partial charge in [-0.05, 0) is 18.6 Å². The molecule has 46 valence electrons. The summed E-state index contributed by atoms with van der Waals surface area (Å²) in [6, 6.07) is 10.1. The molecule has 0 saturated heterocycles. The van der Waals surface area contributed by atoms with Crippen LogP contribution in [0.1, 0.15) is 18.6 Å². The zero-order valence-electron chi connectivity index (χ0n) is 5.29. The summed E-state index contributed by atoms with van der Waals surface area (Å²) < 4.78 is 0. The zero-order valence-corrected chi connectivity index (χ0v) is 5.29. The fourth-order valence-electron chi connectivity index (χ4n) is 0.660. The van der Waals surface area contributed by atoms with E-state index in [4.69, 9.17) is 0 Å². The second-order valence-electron chi connectivity index (χ2n) is 1.96. The van der Waals surface area contributed by atoms with Gasteiger partial charge in [-0.15, -0.1) is 0 Å². The molecule has 2 radical (unpaired) electrons. The average molecular weight is 120 g/mol. The van der Waals surface area contributed by atoms with Gasteiger partial charge in [0.2, 0.25) is 0 Å². The monoisotopic (exact) mass is 120 g/mol. The lowest BCUT2D eigenvalue weighted by Gasteiger charge is -1.97. The second-order valence-corrected chi connectivity index (χ2v) is 1.96. The van der Waals surface area contributed by atoms with E-state index in [-0.39, 0.29) is 0 Å². The highest BCUT2D eigenvalue weighted by Crippen LogP contribution is 2.09. The standard InChI is InChI=1S/C8H8O/c1-7(9)8-5-3-2-4-6-8/h2-5,7H,1H3. The SMILES string of the molecule is CC([O])c1[c]cccc1. The molecule has 1 aromatic carbocycles. The van der Waals surface area contributed by atoms with Gasteiger partial charge < -0.3 is 0 Å². The Kier molecular flexibility index (Phi) is 1.85. The van der Waals surface area contributed by atoms with E-state index in [1.54, 1.807) is 19.1 Å². The first-order chi connectivity index (χ1) is 4.30. The van der Waals surface area contributed by atoms with Crippen molar-refractivity contribution in [2.24, 2.45) is 0 Å². The molecule has 0 aromatic heterocycles. The molecule has 0 aliphatic rings. The Labute approximate surface area is 55.0 Å². The molecule has 0 spiro atoms.